The minimum atomic E-state index is -4.41. The van der Waals surface area contributed by atoms with Crippen LogP contribution in [0, 0.1) is 0 Å². The largest absolute Gasteiger partial charge is 0.416 e. The zero-order valence-corrected chi connectivity index (χ0v) is 12.0. The summed E-state index contributed by atoms with van der Waals surface area (Å²) < 4.78 is 39.2. The minimum absolute atomic E-state index is 0.258. The Bertz CT molecular complexity index is 827. The van der Waals surface area contributed by atoms with E-state index in [1.54, 1.807) is 18.2 Å². The molecule has 3 rings (SSSR count). The van der Waals surface area contributed by atoms with Crippen LogP contribution in [0.15, 0.2) is 36.4 Å². The molecule has 3 aromatic rings. The van der Waals surface area contributed by atoms with E-state index < -0.39 is 11.7 Å². The fourth-order valence-corrected chi connectivity index (χ4v) is 3.21. The van der Waals surface area contributed by atoms with E-state index in [-0.39, 0.29) is 11.3 Å². The number of rotatable bonds is 1. The van der Waals surface area contributed by atoms with E-state index in [9.17, 15) is 13.2 Å². The van der Waals surface area contributed by atoms with Crippen molar-refractivity contribution >= 4 is 38.8 Å². The van der Waals surface area contributed by atoms with Gasteiger partial charge < -0.3 is 5.73 Å². The molecule has 0 fully saturated rings. The first-order valence-electron chi connectivity index (χ1n) is 5.88. The number of nitrogen functional groups attached to an aromatic ring is 1. The van der Waals surface area contributed by atoms with E-state index in [2.05, 4.69) is 4.98 Å². The lowest BCUT2D eigenvalue weighted by atomic mass is 10.1. The van der Waals surface area contributed by atoms with Crippen LogP contribution in [-0.2, 0) is 6.18 Å². The van der Waals surface area contributed by atoms with E-state index >= 15 is 0 Å². The molecule has 1 heterocycles. The van der Waals surface area contributed by atoms with Gasteiger partial charge >= 0.3 is 6.18 Å². The Kier molecular flexibility index (Phi) is 3.30. The molecule has 2 N–H and O–H groups in total. The summed E-state index contributed by atoms with van der Waals surface area (Å²) in [7, 11) is 0. The Balaban J connectivity index is 2.17. The van der Waals surface area contributed by atoms with Crippen LogP contribution in [0.3, 0.4) is 0 Å². The average molecular weight is 329 g/mol. The van der Waals surface area contributed by atoms with Crippen LogP contribution >= 0.6 is 22.9 Å². The zero-order chi connectivity index (χ0) is 15.2. The number of aromatic nitrogens is 1. The summed E-state index contributed by atoms with van der Waals surface area (Å²) in [6.07, 6.45) is -4.41. The second-order valence-electron chi connectivity index (χ2n) is 4.43. The number of halogens is 4. The summed E-state index contributed by atoms with van der Waals surface area (Å²) in [4.78, 5) is 4.32. The van der Waals surface area contributed by atoms with Gasteiger partial charge in [-0.05, 0) is 36.4 Å². The Labute approximate surface area is 127 Å². The van der Waals surface area contributed by atoms with E-state index in [4.69, 9.17) is 17.3 Å². The molecule has 1 aromatic heterocycles. The number of nitrogens with zero attached hydrogens (tertiary/aromatic N) is 1. The monoisotopic (exact) mass is 328 g/mol. The van der Waals surface area contributed by atoms with Gasteiger partial charge in [-0.3, -0.25) is 0 Å². The second-order valence-corrected chi connectivity index (χ2v) is 5.90. The Morgan fingerprint density at radius 3 is 2.57 bits per heavy atom. The predicted molar refractivity (Wildman–Crippen MR) is 79.5 cm³/mol. The van der Waals surface area contributed by atoms with Gasteiger partial charge in [-0.2, -0.15) is 13.2 Å². The van der Waals surface area contributed by atoms with Crippen LogP contribution in [0.5, 0.6) is 0 Å². The van der Waals surface area contributed by atoms with Gasteiger partial charge in [0, 0.05) is 16.3 Å². The van der Waals surface area contributed by atoms with E-state index in [1.807, 2.05) is 0 Å². The number of thiazole rings is 1. The number of benzene rings is 2. The molecule has 0 radical (unpaired) electrons. The molecular formula is C14H8ClF3N2S. The lowest BCUT2D eigenvalue weighted by molar-refractivity contribution is -0.137. The fraction of sp³-hybridized carbons (Fsp3) is 0.0714. The molecule has 0 spiro atoms. The summed E-state index contributed by atoms with van der Waals surface area (Å²) in [6.45, 7) is 0. The number of fused-ring (bicyclic) bond motifs is 1. The highest BCUT2D eigenvalue weighted by atomic mass is 35.5. The van der Waals surface area contributed by atoms with Gasteiger partial charge in [-0.1, -0.05) is 11.6 Å². The third kappa shape index (κ3) is 2.69. The number of anilines is 1. The average Bonchev–Trinajstić information content (AvgIpc) is 2.80. The first-order chi connectivity index (χ1) is 9.84. The minimum Gasteiger partial charge on any atom is -0.398 e. The topological polar surface area (TPSA) is 38.9 Å². The Morgan fingerprint density at radius 1 is 1.10 bits per heavy atom. The van der Waals surface area contributed by atoms with Gasteiger partial charge in [0.05, 0.1) is 15.8 Å². The molecule has 0 unspecified atom stereocenters. The van der Waals surface area contributed by atoms with Crippen molar-refractivity contribution in [2.24, 2.45) is 0 Å². The summed E-state index contributed by atoms with van der Waals surface area (Å²) in [5.74, 6) is 0. The summed E-state index contributed by atoms with van der Waals surface area (Å²) in [6, 6.07) is 8.36. The van der Waals surface area contributed by atoms with Crippen molar-refractivity contribution in [3.05, 3.63) is 47.0 Å². The maximum atomic E-state index is 12.8. The molecule has 0 bridgehead atoms. The van der Waals surface area contributed by atoms with Gasteiger partial charge in [0.15, 0.2) is 0 Å². The number of hydrogen-bond donors (Lipinski definition) is 1. The van der Waals surface area contributed by atoms with E-state index in [0.29, 0.717) is 15.5 Å². The normalized spacial score (nSPS) is 12.0. The molecule has 0 saturated heterocycles. The molecule has 2 nitrogen and oxygen atoms in total. The highest BCUT2D eigenvalue weighted by Gasteiger charge is 2.31. The molecule has 0 aliphatic heterocycles. The number of alkyl halides is 3. The lowest BCUT2D eigenvalue weighted by Crippen LogP contribution is -2.05. The number of hydrogen-bond acceptors (Lipinski definition) is 3. The summed E-state index contributed by atoms with van der Waals surface area (Å²) >= 11 is 7.15. The van der Waals surface area contributed by atoms with Crippen LogP contribution in [0.2, 0.25) is 5.02 Å². The summed E-state index contributed by atoms with van der Waals surface area (Å²) in [5.41, 5.74) is 6.26. The molecule has 0 atom stereocenters. The highest BCUT2D eigenvalue weighted by Crippen LogP contribution is 2.38. The zero-order valence-electron chi connectivity index (χ0n) is 10.4. The standard InChI is InChI=1S/C14H8ClF3N2S/c15-8-2-4-11-12(6-8)21-13(20-11)9-5-7(14(16,17)18)1-3-10(9)19/h1-6H,19H2. The SMILES string of the molecule is Nc1ccc(C(F)(F)F)cc1-c1nc2ccc(Cl)cc2s1. The van der Waals surface area contributed by atoms with Crippen molar-refractivity contribution < 1.29 is 13.2 Å². The molecule has 7 heteroatoms. The Morgan fingerprint density at radius 2 is 1.86 bits per heavy atom. The van der Waals surface area contributed by atoms with E-state index in [1.165, 1.54) is 17.4 Å². The second kappa shape index (κ2) is 4.89. The van der Waals surface area contributed by atoms with Gasteiger partial charge in [0.2, 0.25) is 0 Å². The number of nitrogens with two attached hydrogens (primary N) is 1. The van der Waals surface area contributed by atoms with Crippen molar-refractivity contribution in [3.63, 3.8) is 0 Å². The lowest BCUT2D eigenvalue weighted by Gasteiger charge is -2.09. The molecule has 0 aliphatic rings. The smallest absolute Gasteiger partial charge is 0.398 e. The van der Waals surface area contributed by atoms with Crippen LogP contribution < -0.4 is 5.73 Å². The van der Waals surface area contributed by atoms with E-state index in [0.717, 1.165) is 16.8 Å². The van der Waals surface area contributed by atoms with Crippen molar-refractivity contribution in [1.29, 1.82) is 0 Å². The van der Waals surface area contributed by atoms with Crippen LogP contribution in [0.1, 0.15) is 5.56 Å². The molecule has 21 heavy (non-hydrogen) atoms. The van der Waals surface area contributed by atoms with Gasteiger partial charge in [-0.15, -0.1) is 11.3 Å². The van der Waals surface area contributed by atoms with Gasteiger partial charge in [0.1, 0.15) is 5.01 Å². The quantitative estimate of drug-likeness (QED) is 0.622. The van der Waals surface area contributed by atoms with Crippen molar-refractivity contribution in [2.45, 2.75) is 6.18 Å². The van der Waals surface area contributed by atoms with Crippen molar-refractivity contribution in [3.8, 4) is 10.6 Å². The first kappa shape index (κ1) is 14.2. The van der Waals surface area contributed by atoms with Crippen LogP contribution in [0.25, 0.3) is 20.8 Å². The maximum Gasteiger partial charge on any atom is 0.416 e. The summed E-state index contributed by atoms with van der Waals surface area (Å²) in [5, 5.41) is 0.991. The predicted octanol–water partition coefficient (Wildman–Crippen LogP) is 5.22. The molecule has 0 aliphatic carbocycles. The highest BCUT2D eigenvalue weighted by molar-refractivity contribution is 7.21. The van der Waals surface area contributed by atoms with Crippen molar-refractivity contribution in [2.75, 3.05) is 5.73 Å². The Hall–Kier alpha value is -1.79. The van der Waals surface area contributed by atoms with Crippen LogP contribution in [0.4, 0.5) is 18.9 Å². The molecular weight excluding hydrogens is 321 g/mol. The molecule has 0 saturated carbocycles. The van der Waals surface area contributed by atoms with Crippen molar-refractivity contribution in [1.82, 2.24) is 4.98 Å². The van der Waals surface area contributed by atoms with Gasteiger partial charge in [-0.25, -0.2) is 4.98 Å². The van der Waals surface area contributed by atoms with Crippen LogP contribution in [-0.4, -0.2) is 4.98 Å². The molecule has 2 aromatic carbocycles. The fourth-order valence-electron chi connectivity index (χ4n) is 1.93. The van der Waals surface area contributed by atoms with Gasteiger partial charge in [0.25, 0.3) is 0 Å². The first-order valence-corrected chi connectivity index (χ1v) is 7.07. The maximum absolute atomic E-state index is 12.8. The third-order valence-electron chi connectivity index (χ3n) is 2.96. The third-order valence-corrected chi connectivity index (χ3v) is 4.25. The molecule has 108 valence electrons. The molecule has 0 amide bonds.